The van der Waals surface area contributed by atoms with Crippen molar-refractivity contribution in [2.24, 2.45) is 5.41 Å². The maximum absolute atomic E-state index is 10.7. The van der Waals surface area contributed by atoms with E-state index in [0.717, 1.165) is 5.56 Å². The Hall–Kier alpha value is -1.13. The average molecular weight is 271 g/mol. The molecule has 1 aromatic carbocycles. The number of rotatable bonds is 4. The first-order valence-electron chi connectivity index (χ1n) is 5.88. The van der Waals surface area contributed by atoms with Crippen LogP contribution in [0, 0.1) is 15.5 Å². The molecule has 0 saturated heterocycles. The molecule has 0 aliphatic rings. The summed E-state index contributed by atoms with van der Waals surface area (Å²) in [7, 11) is 0. The van der Waals surface area contributed by atoms with Crippen molar-refractivity contribution in [2.75, 3.05) is 0 Å². The minimum absolute atomic E-state index is 0.0691. The van der Waals surface area contributed by atoms with Gasteiger partial charge in [0.1, 0.15) is 0 Å². The molecule has 0 aliphatic heterocycles. The lowest BCUT2D eigenvalue weighted by Gasteiger charge is -2.28. The van der Waals surface area contributed by atoms with Crippen LogP contribution in [0.4, 0.5) is 5.69 Å². The second-order valence-electron chi connectivity index (χ2n) is 5.50. The summed E-state index contributed by atoms with van der Waals surface area (Å²) in [4.78, 5) is 10.3. The molecule has 0 heterocycles. The Morgan fingerprint density at radius 2 is 2.06 bits per heavy atom. The van der Waals surface area contributed by atoms with Crippen LogP contribution in [0.2, 0.25) is 5.02 Å². The third-order valence-electron chi connectivity index (χ3n) is 3.14. The number of hydrogen-bond donors (Lipinski definition) is 1. The van der Waals surface area contributed by atoms with E-state index >= 15 is 0 Å². The van der Waals surface area contributed by atoms with Crippen molar-refractivity contribution < 1.29 is 4.92 Å². The van der Waals surface area contributed by atoms with E-state index in [1.165, 1.54) is 12.1 Å². The van der Waals surface area contributed by atoms with Gasteiger partial charge in [0.05, 0.1) is 4.92 Å². The van der Waals surface area contributed by atoms with Gasteiger partial charge in [-0.05, 0) is 24.0 Å². The molecule has 1 atom stereocenters. The molecule has 0 fully saturated rings. The molecule has 4 nitrogen and oxygen atoms in total. The number of nitro benzene ring substituents is 1. The molecule has 1 unspecified atom stereocenters. The average Bonchev–Trinajstić information content (AvgIpc) is 2.25. The van der Waals surface area contributed by atoms with Crippen LogP contribution < -0.4 is 5.32 Å². The molecule has 1 aromatic rings. The van der Waals surface area contributed by atoms with Gasteiger partial charge in [0.25, 0.3) is 5.69 Å². The van der Waals surface area contributed by atoms with Crippen molar-refractivity contribution in [1.29, 1.82) is 0 Å². The van der Waals surface area contributed by atoms with E-state index in [2.05, 4.69) is 33.0 Å². The molecule has 0 spiro atoms. The molecule has 1 N–H and O–H groups in total. The number of nitrogens with one attached hydrogen (secondary N) is 1. The largest absolute Gasteiger partial charge is 0.310 e. The summed E-state index contributed by atoms with van der Waals surface area (Å²) in [6, 6.07) is 4.79. The Balaban J connectivity index is 2.78. The van der Waals surface area contributed by atoms with Crippen LogP contribution in [0.5, 0.6) is 0 Å². The number of nitro groups is 1. The Kier molecular flexibility index (Phi) is 4.71. The zero-order valence-electron chi connectivity index (χ0n) is 11.2. The molecule has 100 valence electrons. The minimum atomic E-state index is -0.410. The highest BCUT2D eigenvalue weighted by atomic mass is 35.5. The van der Waals surface area contributed by atoms with E-state index in [1.807, 2.05) is 0 Å². The van der Waals surface area contributed by atoms with Crippen molar-refractivity contribution in [3.8, 4) is 0 Å². The molecule has 18 heavy (non-hydrogen) atoms. The predicted molar refractivity (Wildman–Crippen MR) is 73.9 cm³/mol. The molecule has 0 radical (unpaired) electrons. The van der Waals surface area contributed by atoms with E-state index in [1.54, 1.807) is 6.07 Å². The Bertz CT molecular complexity index is 441. The van der Waals surface area contributed by atoms with Crippen LogP contribution >= 0.6 is 11.6 Å². The zero-order chi connectivity index (χ0) is 13.9. The lowest BCUT2D eigenvalue weighted by atomic mass is 9.88. The van der Waals surface area contributed by atoms with E-state index in [-0.39, 0.29) is 17.1 Å². The van der Waals surface area contributed by atoms with Crippen LogP contribution in [-0.4, -0.2) is 11.0 Å². The Labute approximate surface area is 112 Å². The van der Waals surface area contributed by atoms with Gasteiger partial charge in [-0.15, -0.1) is 0 Å². The smallest absolute Gasteiger partial charge is 0.269 e. The van der Waals surface area contributed by atoms with Crippen LogP contribution in [0.25, 0.3) is 0 Å². The second kappa shape index (κ2) is 5.67. The van der Waals surface area contributed by atoms with Crippen molar-refractivity contribution in [2.45, 2.75) is 40.3 Å². The highest BCUT2D eigenvalue weighted by molar-refractivity contribution is 6.31. The minimum Gasteiger partial charge on any atom is -0.310 e. The molecule has 0 aliphatic carbocycles. The Morgan fingerprint density at radius 3 is 2.56 bits per heavy atom. The van der Waals surface area contributed by atoms with Gasteiger partial charge >= 0.3 is 0 Å². The quantitative estimate of drug-likeness (QED) is 0.669. The molecule has 0 saturated carbocycles. The van der Waals surface area contributed by atoms with Gasteiger partial charge in [-0.2, -0.15) is 0 Å². The highest BCUT2D eigenvalue weighted by Gasteiger charge is 2.19. The molecular weight excluding hydrogens is 252 g/mol. The molecule has 0 amide bonds. The molecule has 0 aromatic heterocycles. The SMILES string of the molecule is CC(NCc1cc([N+](=O)[O-])ccc1Cl)C(C)(C)C. The lowest BCUT2D eigenvalue weighted by molar-refractivity contribution is -0.384. The second-order valence-corrected chi connectivity index (χ2v) is 5.91. The standard InChI is InChI=1S/C13H19ClN2O2/c1-9(13(2,3)4)15-8-10-7-11(16(17)18)5-6-12(10)14/h5-7,9,15H,8H2,1-4H3. The van der Waals surface area contributed by atoms with Crippen LogP contribution in [0.1, 0.15) is 33.3 Å². The first kappa shape index (κ1) is 14.9. The van der Waals surface area contributed by atoms with Gasteiger partial charge < -0.3 is 5.32 Å². The highest BCUT2D eigenvalue weighted by Crippen LogP contribution is 2.23. The van der Waals surface area contributed by atoms with E-state index in [9.17, 15) is 10.1 Å². The fourth-order valence-corrected chi connectivity index (χ4v) is 1.56. The van der Waals surface area contributed by atoms with Gasteiger partial charge in [0.15, 0.2) is 0 Å². The van der Waals surface area contributed by atoms with E-state index in [4.69, 9.17) is 11.6 Å². The lowest BCUT2D eigenvalue weighted by Crippen LogP contribution is -2.37. The van der Waals surface area contributed by atoms with Crippen LogP contribution in [0.3, 0.4) is 0 Å². The summed E-state index contributed by atoms with van der Waals surface area (Å²) in [5, 5.41) is 14.6. The van der Waals surface area contributed by atoms with Crippen molar-refractivity contribution in [3.05, 3.63) is 38.9 Å². The fraction of sp³-hybridized carbons (Fsp3) is 0.538. The van der Waals surface area contributed by atoms with Crippen molar-refractivity contribution in [1.82, 2.24) is 5.32 Å². The van der Waals surface area contributed by atoms with Gasteiger partial charge in [-0.3, -0.25) is 10.1 Å². The first-order chi connectivity index (χ1) is 8.21. The number of halogens is 1. The molecule has 0 bridgehead atoms. The number of benzene rings is 1. The summed E-state index contributed by atoms with van der Waals surface area (Å²) in [6.45, 7) is 9.03. The van der Waals surface area contributed by atoms with Gasteiger partial charge in [0, 0.05) is 29.7 Å². The van der Waals surface area contributed by atoms with E-state index in [0.29, 0.717) is 11.6 Å². The van der Waals surface area contributed by atoms with E-state index < -0.39 is 4.92 Å². The van der Waals surface area contributed by atoms with Gasteiger partial charge in [-0.25, -0.2) is 0 Å². The third-order valence-corrected chi connectivity index (χ3v) is 3.51. The summed E-state index contributed by atoms with van der Waals surface area (Å²) in [6.07, 6.45) is 0. The van der Waals surface area contributed by atoms with Crippen LogP contribution in [0.15, 0.2) is 18.2 Å². The van der Waals surface area contributed by atoms with Crippen molar-refractivity contribution >= 4 is 17.3 Å². The summed E-state index contributed by atoms with van der Waals surface area (Å²) < 4.78 is 0. The number of non-ortho nitro benzene ring substituents is 1. The molecular formula is C13H19ClN2O2. The topological polar surface area (TPSA) is 55.2 Å². The maximum atomic E-state index is 10.7. The summed E-state index contributed by atoms with van der Waals surface area (Å²) in [5.41, 5.74) is 0.953. The monoisotopic (exact) mass is 270 g/mol. The van der Waals surface area contributed by atoms with Gasteiger partial charge in [0.2, 0.25) is 0 Å². The number of nitrogens with zero attached hydrogens (tertiary/aromatic N) is 1. The molecule has 1 rings (SSSR count). The third kappa shape index (κ3) is 3.96. The summed E-state index contributed by atoms with van der Waals surface area (Å²) >= 11 is 6.04. The summed E-state index contributed by atoms with van der Waals surface area (Å²) in [5.74, 6) is 0. The maximum Gasteiger partial charge on any atom is 0.269 e. The van der Waals surface area contributed by atoms with Crippen LogP contribution in [-0.2, 0) is 6.54 Å². The van der Waals surface area contributed by atoms with Crippen molar-refractivity contribution in [3.63, 3.8) is 0 Å². The normalized spacial score (nSPS) is 13.4. The fourth-order valence-electron chi connectivity index (χ4n) is 1.38. The zero-order valence-corrected chi connectivity index (χ0v) is 11.9. The Morgan fingerprint density at radius 1 is 1.44 bits per heavy atom. The predicted octanol–water partition coefficient (Wildman–Crippen LogP) is 3.77. The number of hydrogen-bond acceptors (Lipinski definition) is 3. The first-order valence-corrected chi connectivity index (χ1v) is 6.26. The molecule has 5 heteroatoms. The van der Waals surface area contributed by atoms with Gasteiger partial charge in [-0.1, -0.05) is 32.4 Å².